The summed E-state index contributed by atoms with van der Waals surface area (Å²) in [6.07, 6.45) is 1.51. The number of hydrogen-bond donors (Lipinski definition) is 2. The molecule has 170 valence electrons. The fourth-order valence-corrected chi connectivity index (χ4v) is 4.33. The van der Waals surface area contributed by atoms with Gasteiger partial charge in [-0.1, -0.05) is 60.7 Å². The molecule has 1 amide bonds. The molecule has 2 aromatic carbocycles. The number of rotatable bonds is 4. The number of carbonyl (C=O) groups excluding carboxylic acids is 1. The fraction of sp³-hybridized carbons (Fsp3) is 0.348. The molecule has 1 fully saturated rings. The first-order valence-electron chi connectivity index (χ1n) is 10.3. The molecule has 2 aliphatic rings. The van der Waals surface area contributed by atoms with Crippen LogP contribution in [0, 0.1) is 0 Å². The van der Waals surface area contributed by atoms with E-state index in [1.807, 2.05) is 0 Å². The Hall–Kier alpha value is -2.22. The van der Waals surface area contributed by atoms with Gasteiger partial charge in [0.2, 0.25) is 5.60 Å². The highest BCUT2D eigenvalue weighted by molar-refractivity contribution is 6.42. The van der Waals surface area contributed by atoms with E-state index in [2.05, 4.69) is 10.8 Å². The van der Waals surface area contributed by atoms with E-state index < -0.39 is 11.8 Å². The van der Waals surface area contributed by atoms with Crippen molar-refractivity contribution in [3.05, 3.63) is 75.3 Å². The van der Waals surface area contributed by atoms with Crippen molar-refractivity contribution in [3.63, 3.8) is 0 Å². The molecule has 1 aliphatic carbocycles. The van der Waals surface area contributed by atoms with Crippen LogP contribution in [0.4, 0.5) is 13.2 Å². The average Bonchev–Trinajstić information content (AvgIpc) is 3.23. The number of nitrogens with one attached hydrogen (secondary N) is 2. The summed E-state index contributed by atoms with van der Waals surface area (Å²) in [5, 5.41) is 3.16. The van der Waals surface area contributed by atoms with Gasteiger partial charge in [-0.3, -0.25) is 15.1 Å². The van der Waals surface area contributed by atoms with E-state index in [1.165, 1.54) is 18.6 Å². The van der Waals surface area contributed by atoms with Gasteiger partial charge in [-0.2, -0.15) is 13.2 Å². The Morgan fingerprint density at radius 2 is 1.72 bits per heavy atom. The highest BCUT2D eigenvalue weighted by Gasteiger charge is 2.59. The lowest BCUT2D eigenvalue weighted by Gasteiger charge is -2.28. The summed E-state index contributed by atoms with van der Waals surface area (Å²) in [5.41, 5.74) is 0.481. The van der Waals surface area contributed by atoms with E-state index in [0.717, 1.165) is 37.8 Å². The smallest absolute Gasteiger partial charge is 0.349 e. The first-order valence-corrected chi connectivity index (χ1v) is 11.1. The van der Waals surface area contributed by atoms with Crippen LogP contribution in [0.1, 0.15) is 53.6 Å². The van der Waals surface area contributed by atoms with Crippen LogP contribution >= 0.6 is 23.2 Å². The molecule has 2 N–H and O–H groups in total. The van der Waals surface area contributed by atoms with Crippen LogP contribution in [-0.2, 0) is 10.4 Å². The van der Waals surface area contributed by atoms with Crippen molar-refractivity contribution in [1.82, 2.24) is 10.8 Å². The van der Waals surface area contributed by atoms with Crippen LogP contribution in [0.25, 0.3) is 5.70 Å². The van der Waals surface area contributed by atoms with Crippen molar-refractivity contribution < 1.29 is 22.8 Å². The Morgan fingerprint density at radius 1 is 1.03 bits per heavy atom. The van der Waals surface area contributed by atoms with Gasteiger partial charge in [0.05, 0.1) is 15.7 Å². The van der Waals surface area contributed by atoms with Gasteiger partial charge in [0, 0.05) is 17.2 Å². The van der Waals surface area contributed by atoms with Crippen molar-refractivity contribution >= 4 is 34.8 Å². The predicted octanol–water partition coefficient (Wildman–Crippen LogP) is 6.39. The number of benzene rings is 2. The quantitative estimate of drug-likeness (QED) is 0.528. The van der Waals surface area contributed by atoms with E-state index in [1.54, 1.807) is 24.3 Å². The van der Waals surface area contributed by atoms with Gasteiger partial charge in [-0.05, 0) is 48.7 Å². The van der Waals surface area contributed by atoms with Crippen LogP contribution in [-0.4, -0.2) is 18.1 Å². The SMILES string of the molecule is O=C(NC1CCCCC1)c1ccc(C2=CC(c3ccc(Cl)c(Cl)c3)(C(F)(F)F)ON2)cc1. The van der Waals surface area contributed by atoms with E-state index in [9.17, 15) is 18.0 Å². The monoisotopic (exact) mass is 484 g/mol. The molecule has 1 atom stereocenters. The summed E-state index contributed by atoms with van der Waals surface area (Å²) in [5.74, 6) is -0.187. The Kier molecular flexibility index (Phi) is 6.43. The summed E-state index contributed by atoms with van der Waals surface area (Å²) in [7, 11) is 0. The van der Waals surface area contributed by atoms with Gasteiger partial charge in [0.1, 0.15) is 0 Å². The Morgan fingerprint density at radius 3 is 2.34 bits per heavy atom. The zero-order valence-corrected chi connectivity index (χ0v) is 18.4. The summed E-state index contributed by atoms with van der Waals surface area (Å²) in [4.78, 5) is 17.6. The summed E-state index contributed by atoms with van der Waals surface area (Å²) >= 11 is 11.8. The van der Waals surface area contributed by atoms with Gasteiger partial charge >= 0.3 is 6.18 Å². The molecule has 2 aromatic rings. The molecular formula is C23H21Cl2F3N2O2. The fourth-order valence-electron chi connectivity index (χ4n) is 4.03. The van der Waals surface area contributed by atoms with Gasteiger partial charge in [0.15, 0.2) is 0 Å². The summed E-state index contributed by atoms with van der Waals surface area (Å²) in [6, 6.07) is 10.2. The van der Waals surface area contributed by atoms with E-state index in [4.69, 9.17) is 28.0 Å². The highest BCUT2D eigenvalue weighted by atomic mass is 35.5. The largest absolute Gasteiger partial charge is 0.428 e. The van der Waals surface area contributed by atoms with Crippen LogP contribution in [0.2, 0.25) is 10.0 Å². The molecule has 0 saturated heterocycles. The molecule has 4 nitrogen and oxygen atoms in total. The van der Waals surface area contributed by atoms with Crippen molar-refractivity contribution in [2.75, 3.05) is 0 Å². The van der Waals surface area contributed by atoms with E-state index >= 15 is 0 Å². The second-order valence-corrected chi connectivity index (χ2v) is 8.82. The van der Waals surface area contributed by atoms with Gasteiger partial charge < -0.3 is 5.32 Å². The van der Waals surface area contributed by atoms with Crippen molar-refractivity contribution in [2.24, 2.45) is 0 Å². The maximum absolute atomic E-state index is 14.1. The molecule has 32 heavy (non-hydrogen) atoms. The summed E-state index contributed by atoms with van der Waals surface area (Å²) in [6.45, 7) is 0. The van der Waals surface area contributed by atoms with Crippen LogP contribution < -0.4 is 10.8 Å². The van der Waals surface area contributed by atoms with Crippen LogP contribution in [0.5, 0.6) is 0 Å². The lowest BCUT2D eigenvalue weighted by molar-refractivity contribution is -0.269. The maximum Gasteiger partial charge on any atom is 0.428 e. The molecule has 0 bridgehead atoms. The first-order chi connectivity index (χ1) is 15.2. The third-order valence-electron chi connectivity index (χ3n) is 5.84. The minimum atomic E-state index is -4.77. The zero-order chi connectivity index (χ0) is 22.9. The maximum atomic E-state index is 14.1. The molecule has 1 heterocycles. The molecule has 0 aromatic heterocycles. The van der Waals surface area contributed by atoms with E-state index in [0.29, 0.717) is 11.1 Å². The number of alkyl halides is 3. The second kappa shape index (κ2) is 8.96. The lowest BCUT2D eigenvalue weighted by Crippen LogP contribution is -2.42. The molecule has 9 heteroatoms. The van der Waals surface area contributed by atoms with Crippen molar-refractivity contribution in [3.8, 4) is 0 Å². The minimum absolute atomic E-state index is 0.00780. The third-order valence-corrected chi connectivity index (χ3v) is 6.58. The lowest BCUT2D eigenvalue weighted by atomic mass is 9.91. The molecule has 1 saturated carbocycles. The van der Waals surface area contributed by atoms with Crippen molar-refractivity contribution in [2.45, 2.75) is 49.9 Å². The highest BCUT2D eigenvalue weighted by Crippen LogP contribution is 2.48. The number of amides is 1. The minimum Gasteiger partial charge on any atom is -0.349 e. The van der Waals surface area contributed by atoms with E-state index in [-0.39, 0.29) is 33.3 Å². The van der Waals surface area contributed by atoms with Gasteiger partial charge in [-0.25, -0.2) is 0 Å². The molecule has 4 rings (SSSR count). The molecule has 0 radical (unpaired) electrons. The second-order valence-electron chi connectivity index (χ2n) is 8.01. The van der Waals surface area contributed by atoms with Gasteiger partial charge in [0.25, 0.3) is 5.91 Å². The molecule has 1 unspecified atom stereocenters. The topological polar surface area (TPSA) is 50.4 Å². The Labute approximate surface area is 193 Å². The zero-order valence-electron chi connectivity index (χ0n) is 16.9. The third kappa shape index (κ3) is 4.47. The number of hydroxylamine groups is 1. The van der Waals surface area contributed by atoms with Crippen LogP contribution in [0.3, 0.4) is 0 Å². The van der Waals surface area contributed by atoms with Crippen molar-refractivity contribution in [1.29, 1.82) is 0 Å². The Balaban J connectivity index is 1.58. The number of halogens is 5. The number of carbonyl (C=O) groups is 1. The van der Waals surface area contributed by atoms with Crippen LogP contribution in [0.15, 0.2) is 48.5 Å². The Bertz CT molecular complexity index is 1030. The normalized spacial score (nSPS) is 21.7. The standard InChI is InChI=1S/C23H21Cl2F3N2O2/c24-18-11-10-16(12-19(18)25)22(23(26,27)28)13-20(30-32-22)14-6-8-15(9-7-14)21(31)29-17-4-2-1-3-5-17/h6-13,17,30H,1-5H2,(H,29,31). The predicted molar refractivity (Wildman–Crippen MR) is 117 cm³/mol. The number of hydrogen-bond acceptors (Lipinski definition) is 3. The summed E-state index contributed by atoms with van der Waals surface area (Å²) < 4.78 is 42.2. The molecule has 0 spiro atoms. The average molecular weight is 485 g/mol. The van der Waals surface area contributed by atoms with Gasteiger partial charge in [-0.15, -0.1) is 0 Å². The first kappa shape index (κ1) is 23.0. The molecular weight excluding hydrogens is 464 g/mol. The molecule has 1 aliphatic heterocycles.